The van der Waals surface area contributed by atoms with Crippen molar-refractivity contribution in [2.45, 2.75) is 57.7 Å². The van der Waals surface area contributed by atoms with Gasteiger partial charge in [-0.1, -0.05) is 12.5 Å². The number of fused-ring (bicyclic) bond motifs is 1. The molecule has 0 spiro atoms. The number of nitrogens with two attached hydrogens (primary N) is 1. The first-order valence-electron chi connectivity index (χ1n) is 9.78. The fourth-order valence-corrected chi connectivity index (χ4v) is 4.53. The van der Waals surface area contributed by atoms with Crippen LogP contribution in [-0.4, -0.2) is 31.2 Å². The highest BCUT2D eigenvalue weighted by molar-refractivity contribution is 7.09. The standard InChI is InChI=1S/C22H32N2O2S/c1-22(23,9-5-4-7-19-8-6-12-27-19)10-11-24-15-17-13-20(25-2)21(26-3)14-18(17)16-24/h6,8,12-14H,4-5,7,9-11,15-16,23H2,1-3H3. The molecule has 1 unspecified atom stereocenters. The van der Waals surface area contributed by atoms with Gasteiger partial charge in [0, 0.05) is 30.1 Å². The van der Waals surface area contributed by atoms with Crippen LogP contribution in [0.3, 0.4) is 0 Å². The van der Waals surface area contributed by atoms with Gasteiger partial charge in [-0.3, -0.25) is 4.90 Å². The van der Waals surface area contributed by atoms with Crippen LogP contribution in [0, 0.1) is 0 Å². The van der Waals surface area contributed by atoms with Crippen LogP contribution < -0.4 is 15.2 Å². The van der Waals surface area contributed by atoms with Crippen molar-refractivity contribution < 1.29 is 9.47 Å². The lowest BCUT2D eigenvalue weighted by atomic mass is 9.91. The summed E-state index contributed by atoms with van der Waals surface area (Å²) in [6.07, 6.45) is 5.70. The van der Waals surface area contributed by atoms with Gasteiger partial charge < -0.3 is 15.2 Å². The zero-order chi connectivity index (χ0) is 19.3. The number of rotatable bonds is 10. The summed E-state index contributed by atoms with van der Waals surface area (Å²) in [5.41, 5.74) is 9.16. The predicted octanol–water partition coefficient (Wildman–Crippen LogP) is 4.60. The second-order valence-electron chi connectivity index (χ2n) is 7.88. The Morgan fingerprint density at radius 2 is 1.74 bits per heavy atom. The van der Waals surface area contributed by atoms with Gasteiger partial charge in [0.25, 0.3) is 0 Å². The van der Waals surface area contributed by atoms with Crippen molar-refractivity contribution in [1.29, 1.82) is 0 Å². The van der Waals surface area contributed by atoms with Gasteiger partial charge in [0.15, 0.2) is 11.5 Å². The van der Waals surface area contributed by atoms with Gasteiger partial charge in [-0.05, 0) is 67.3 Å². The van der Waals surface area contributed by atoms with E-state index in [-0.39, 0.29) is 5.54 Å². The number of ether oxygens (including phenoxy) is 2. The summed E-state index contributed by atoms with van der Waals surface area (Å²) in [5.74, 6) is 1.63. The number of aryl methyl sites for hydroxylation is 1. The van der Waals surface area contributed by atoms with E-state index < -0.39 is 0 Å². The molecule has 1 atom stereocenters. The maximum absolute atomic E-state index is 6.59. The molecule has 1 aromatic carbocycles. The largest absolute Gasteiger partial charge is 0.493 e. The molecular weight excluding hydrogens is 356 g/mol. The molecule has 5 heteroatoms. The van der Waals surface area contributed by atoms with E-state index in [1.165, 1.54) is 35.3 Å². The highest BCUT2D eigenvalue weighted by atomic mass is 32.1. The van der Waals surface area contributed by atoms with E-state index in [2.05, 4.69) is 41.5 Å². The highest BCUT2D eigenvalue weighted by Crippen LogP contribution is 2.35. The van der Waals surface area contributed by atoms with Gasteiger partial charge in [0.2, 0.25) is 0 Å². The number of unbranched alkanes of at least 4 members (excludes halogenated alkanes) is 1. The van der Waals surface area contributed by atoms with E-state index in [4.69, 9.17) is 15.2 Å². The Hall–Kier alpha value is -1.56. The number of hydrogen-bond acceptors (Lipinski definition) is 5. The molecule has 1 aliphatic heterocycles. The van der Waals surface area contributed by atoms with E-state index in [1.807, 2.05) is 11.3 Å². The monoisotopic (exact) mass is 388 g/mol. The fourth-order valence-electron chi connectivity index (χ4n) is 3.77. The third-order valence-electron chi connectivity index (χ3n) is 5.49. The van der Waals surface area contributed by atoms with Gasteiger partial charge >= 0.3 is 0 Å². The summed E-state index contributed by atoms with van der Waals surface area (Å²) in [7, 11) is 3.38. The van der Waals surface area contributed by atoms with Crippen molar-refractivity contribution in [2.75, 3.05) is 20.8 Å². The Bertz CT molecular complexity index is 695. The SMILES string of the molecule is COc1cc2c(cc1OC)CN(CCC(C)(N)CCCCc1cccs1)C2. The van der Waals surface area contributed by atoms with Crippen molar-refractivity contribution in [2.24, 2.45) is 5.73 Å². The predicted molar refractivity (Wildman–Crippen MR) is 113 cm³/mol. The van der Waals surface area contributed by atoms with Crippen LogP contribution in [-0.2, 0) is 19.5 Å². The third-order valence-corrected chi connectivity index (χ3v) is 6.43. The first-order chi connectivity index (χ1) is 13.0. The number of methoxy groups -OCH3 is 2. The molecule has 0 saturated carbocycles. The molecule has 1 aliphatic rings. The average molecular weight is 389 g/mol. The molecule has 148 valence electrons. The van der Waals surface area contributed by atoms with E-state index in [1.54, 1.807) is 14.2 Å². The molecule has 0 bridgehead atoms. The number of thiophene rings is 1. The third kappa shape index (κ3) is 5.47. The van der Waals surface area contributed by atoms with Crippen LogP contribution in [0.25, 0.3) is 0 Å². The summed E-state index contributed by atoms with van der Waals surface area (Å²) in [6.45, 7) is 5.15. The molecule has 4 nitrogen and oxygen atoms in total. The smallest absolute Gasteiger partial charge is 0.161 e. The summed E-state index contributed by atoms with van der Waals surface area (Å²) >= 11 is 1.85. The van der Waals surface area contributed by atoms with Crippen molar-refractivity contribution >= 4 is 11.3 Å². The molecule has 2 aromatic rings. The van der Waals surface area contributed by atoms with E-state index >= 15 is 0 Å². The molecule has 3 rings (SSSR count). The van der Waals surface area contributed by atoms with Gasteiger partial charge in [0.05, 0.1) is 14.2 Å². The van der Waals surface area contributed by atoms with Crippen molar-refractivity contribution in [3.05, 3.63) is 45.6 Å². The minimum atomic E-state index is -0.0976. The molecule has 1 aromatic heterocycles. The van der Waals surface area contributed by atoms with Crippen molar-refractivity contribution in [3.63, 3.8) is 0 Å². The lowest BCUT2D eigenvalue weighted by molar-refractivity contribution is 0.242. The fraction of sp³-hybridized carbons (Fsp3) is 0.545. The van der Waals surface area contributed by atoms with Crippen LogP contribution in [0.5, 0.6) is 11.5 Å². The number of hydrogen-bond donors (Lipinski definition) is 1. The summed E-state index contributed by atoms with van der Waals surface area (Å²) in [5, 5.41) is 2.15. The van der Waals surface area contributed by atoms with Gasteiger partial charge in [-0.2, -0.15) is 0 Å². The molecule has 0 amide bonds. The first-order valence-corrected chi connectivity index (χ1v) is 10.7. The zero-order valence-corrected chi connectivity index (χ0v) is 17.6. The number of nitrogens with zero attached hydrogens (tertiary/aromatic N) is 1. The second kappa shape index (κ2) is 9.09. The molecule has 0 fully saturated rings. The van der Waals surface area contributed by atoms with E-state index in [0.717, 1.165) is 44.0 Å². The summed E-state index contributed by atoms with van der Waals surface area (Å²) in [6, 6.07) is 8.58. The van der Waals surface area contributed by atoms with Gasteiger partial charge in [0.1, 0.15) is 0 Å². The minimum absolute atomic E-state index is 0.0976. The highest BCUT2D eigenvalue weighted by Gasteiger charge is 2.25. The van der Waals surface area contributed by atoms with Crippen molar-refractivity contribution in [3.8, 4) is 11.5 Å². The Balaban J connectivity index is 1.43. The molecule has 0 radical (unpaired) electrons. The van der Waals surface area contributed by atoms with Crippen LogP contribution in [0.2, 0.25) is 0 Å². The molecule has 27 heavy (non-hydrogen) atoms. The van der Waals surface area contributed by atoms with E-state index in [9.17, 15) is 0 Å². The summed E-state index contributed by atoms with van der Waals surface area (Å²) in [4.78, 5) is 3.95. The zero-order valence-electron chi connectivity index (χ0n) is 16.8. The molecule has 2 N–H and O–H groups in total. The lowest BCUT2D eigenvalue weighted by Crippen LogP contribution is -2.39. The van der Waals surface area contributed by atoms with E-state index in [0.29, 0.717) is 0 Å². The van der Waals surface area contributed by atoms with Gasteiger partial charge in [-0.25, -0.2) is 0 Å². The molecule has 0 saturated heterocycles. The Labute approximate surface area is 167 Å². The number of benzene rings is 1. The Kier molecular flexibility index (Phi) is 6.79. The van der Waals surface area contributed by atoms with Crippen molar-refractivity contribution in [1.82, 2.24) is 4.90 Å². The van der Waals surface area contributed by atoms with Crippen LogP contribution in [0.1, 0.15) is 48.6 Å². The molecule has 2 heterocycles. The summed E-state index contributed by atoms with van der Waals surface area (Å²) < 4.78 is 10.9. The lowest BCUT2D eigenvalue weighted by Gasteiger charge is -2.27. The van der Waals surface area contributed by atoms with Crippen LogP contribution >= 0.6 is 11.3 Å². The second-order valence-corrected chi connectivity index (χ2v) is 8.91. The Morgan fingerprint density at radius 1 is 1.07 bits per heavy atom. The van der Waals surface area contributed by atoms with Crippen LogP contribution in [0.15, 0.2) is 29.6 Å². The normalized spacial score (nSPS) is 16.1. The maximum atomic E-state index is 6.59. The quantitative estimate of drug-likeness (QED) is 0.604. The first kappa shape index (κ1) is 20.2. The van der Waals surface area contributed by atoms with Gasteiger partial charge in [-0.15, -0.1) is 11.3 Å². The molecular formula is C22H32N2O2S. The molecule has 0 aliphatic carbocycles. The maximum Gasteiger partial charge on any atom is 0.161 e. The van der Waals surface area contributed by atoms with Crippen LogP contribution in [0.4, 0.5) is 0 Å². The minimum Gasteiger partial charge on any atom is -0.493 e. The Morgan fingerprint density at radius 3 is 2.30 bits per heavy atom. The topological polar surface area (TPSA) is 47.7 Å². The average Bonchev–Trinajstić information content (AvgIpc) is 3.31.